The lowest BCUT2D eigenvalue weighted by molar-refractivity contribution is -0.115. The number of nitrogens with two attached hydrogens (primary N) is 1. The monoisotopic (exact) mass is 394 g/mol. The quantitative estimate of drug-likeness (QED) is 0.572. The van der Waals surface area contributed by atoms with Gasteiger partial charge in [0.15, 0.2) is 5.13 Å². The van der Waals surface area contributed by atoms with Gasteiger partial charge in [0, 0.05) is 24.5 Å². The molecule has 4 rings (SSSR count). The van der Waals surface area contributed by atoms with Crippen LogP contribution in [0.25, 0.3) is 10.4 Å². The van der Waals surface area contributed by atoms with Crippen LogP contribution in [0.15, 0.2) is 48.7 Å². The summed E-state index contributed by atoms with van der Waals surface area (Å²) in [5.74, 6) is 0.891. The van der Waals surface area contributed by atoms with E-state index < -0.39 is 0 Å². The van der Waals surface area contributed by atoms with Gasteiger partial charge >= 0.3 is 0 Å². The number of nitrogens with zero attached hydrogens (tertiary/aromatic N) is 1. The first kappa shape index (κ1) is 18.5. The summed E-state index contributed by atoms with van der Waals surface area (Å²) < 4.78 is 5.18. The molecule has 3 aromatic rings. The third-order valence-electron chi connectivity index (χ3n) is 4.69. The lowest BCUT2D eigenvalue weighted by atomic mass is 10.1. The normalized spacial score (nSPS) is 13.7. The molecule has 1 unspecified atom stereocenters. The average molecular weight is 395 g/mol. The van der Waals surface area contributed by atoms with E-state index in [0.29, 0.717) is 13.0 Å². The molecule has 0 saturated heterocycles. The second-order valence-corrected chi connectivity index (χ2v) is 7.85. The second kappa shape index (κ2) is 8.00. The zero-order chi connectivity index (χ0) is 19.5. The van der Waals surface area contributed by atoms with Gasteiger partial charge in [-0.05, 0) is 47.4 Å². The smallest absolute Gasteiger partial charge is 0.228 e. The van der Waals surface area contributed by atoms with Gasteiger partial charge in [-0.1, -0.05) is 29.5 Å². The molecular formula is C21H22N4O2S. The van der Waals surface area contributed by atoms with Gasteiger partial charge in [0.2, 0.25) is 5.91 Å². The molecule has 2 heterocycles. The van der Waals surface area contributed by atoms with Gasteiger partial charge in [0.1, 0.15) is 5.75 Å². The summed E-state index contributed by atoms with van der Waals surface area (Å²) in [4.78, 5) is 17.0. The van der Waals surface area contributed by atoms with Gasteiger partial charge < -0.3 is 21.1 Å². The van der Waals surface area contributed by atoms with E-state index in [1.54, 1.807) is 18.4 Å². The number of benzene rings is 2. The third-order valence-corrected chi connectivity index (χ3v) is 5.70. The fourth-order valence-corrected chi connectivity index (χ4v) is 4.05. The molecule has 1 amide bonds. The summed E-state index contributed by atoms with van der Waals surface area (Å²) in [7, 11) is 1.66. The van der Waals surface area contributed by atoms with Crippen LogP contribution in [0.1, 0.15) is 11.1 Å². The molecule has 4 N–H and O–H groups in total. The first-order valence-electron chi connectivity index (χ1n) is 9.12. The Kier molecular flexibility index (Phi) is 5.27. The van der Waals surface area contributed by atoms with E-state index in [-0.39, 0.29) is 11.9 Å². The molecule has 0 saturated carbocycles. The van der Waals surface area contributed by atoms with E-state index in [1.165, 1.54) is 5.56 Å². The molecular weight excluding hydrogens is 372 g/mol. The number of carbonyl (C=O) groups excluding carboxylic acids is 1. The fraction of sp³-hybridized carbons (Fsp3) is 0.238. The number of aromatic nitrogens is 1. The van der Waals surface area contributed by atoms with E-state index >= 15 is 0 Å². The van der Waals surface area contributed by atoms with E-state index in [2.05, 4.69) is 21.7 Å². The Hall–Kier alpha value is -2.90. The Bertz CT molecular complexity index is 984. The first-order chi connectivity index (χ1) is 13.6. The Balaban J connectivity index is 1.34. The summed E-state index contributed by atoms with van der Waals surface area (Å²) in [6.45, 7) is 0.640. The average Bonchev–Trinajstić information content (AvgIpc) is 3.32. The van der Waals surface area contributed by atoms with E-state index in [1.807, 2.05) is 42.6 Å². The summed E-state index contributed by atoms with van der Waals surface area (Å²) in [6.07, 6.45) is 3.07. The Morgan fingerprint density at radius 3 is 2.89 bits per heavy atom. The predicted molar refractivity (Wildman–Crippen MR) is 113 cm³/mol. The maximum Gasteiger partial charge on any atom is 0.228 e. The predicted octanol–water partition coefficient (Wildman–Crippen LogP) is 3.30. The zero-order valence-electron chi connectivity index (χ0n) is 15.6. The molecule has 144 valence electrons. The molecule has 7 heteroatoms. The van der Waals surface area contributed by atoms with Gasteiger partial charge in [-0.15, -0.1) is 0 Å². The molecule has 0 radical (unpaired) electrons. The molecule has 0 bridgehead atoms. The number of hydrogen-bond donors (Lipinski definition) is 3. The van der Waals surface area contributed by atoms with Gasteiger partial charge in [-0.25, -0.2) is 4.98 Å². The lowest BCUT2D eigenvalue weighted by Crippen LogP contribution is -2.31. The maximum atomic E-state index is 11.5. The number of anilines is 2. The van der Waals surface area contributed by atoms with E-state index in [0.717, 1.165) is 39.0 Å². The van der Waals surface area contributed by atoms with Crippen molar-refractivity contribution in [3.05, 3.63) is 59.8 Å². The van der Waals surface area contributed by atoms with Gasteiger partial charge in [0.25, 0.3) is 0 Å². The molecule has 28 heavy (non-hydrogen) atoms. The zero-order valence-corrected chi connectivity index (χ0v) is 16.4. The van der Waals surface area contributed by atoms with Crippen molar-refractivity contribution in [1.29, 1.82) is 0 Å². The van der Waals surface area contributed by atoms with Crippen molar-refractivity contribution in [3.63, 3.8) is 0 Å². The first-order valence-corrected chi connectivity index (χ1v) is 9.94. The van der Waals surface area contributed by atoms with Crippen molar-refractivity contribution in [2.45, 2.75) is 18.9 Å². The van der Waals surface area contributed by atoms with Gasteiger partial charge in [0.05, 0.1) is 18.4 Å². The largest absolute Gasteiger partial charge is 0.497 e. The number of hydrogen-bond acceptors (Lipinski definition) is 6. The van der Waals surface area contributed by atoms with Crippen LogP contribution in [0, 0.1) is 0 Å². The highest BCUT2D eigenvalue weighted by Crippen LogP contribution is 2.33. The molecule has 1 aliphatic heterocycles. The molecule has 6 nitrogen and oxygen atoms in total. The SMILES string of the molecule is COc1ccc(CC(N)CNc2ncc(-c3ccc4c(c3)CC(=O)N4)s2)cc1. The molecule has 0 fully saturated rings. The van der Waals surface area contributed by atoms with Crippen molar-refractivity contribution in [3.8, 4) is 16.2 Å². The summed E-state index contributed by atoms with van der Waals surface area (Å²) in [6, 6.07) is 14.0. The van der Waals surface area contributed by atoms with Crippen molar-refractivity contribution in [2.24, 2.45) is 5.73 Å². The molecule has 1 atom stereocenters. The Morgan fingerprint density at radius 1 is 1.29 bits per heavy atom. The highest BCUT2D eigenvalue weighted by molar-refractivity contribution is 7.18. The van der Waals surface area contributed by atoms with E-state index in [9.17, 15) is 4.79 Å². The number of thiazole rings is 1. The number of amides is 1. The number of carbonyl (C=O) groups is 1. The van der Waals surface area contributed by atoms with Crippen LogP contribution in [-0.4, -0.2) is 30.6 Å². The third kappa shape index (κ3) is 4.16. The molecule has 2 aromatic carbocycles. The van der Waals surface area contributed by atoms with Crippen LogP contribution in [0.5, 0.6) is 5.75 Å². The summed E-state index contributed by atoms with van der Waals surface area (Å²) in [5.41, 5.74) is 10.4. The number of fused-ring (bicyclic) bond motifs is 1. The van der Waals surface area contributed by atoms with Crippen LogP contribution >= 0.6 is 11.3 Å². The molecule has 0 spiro atoms. The van der Waals surface area contributed by atoms with Crippen LogP contribution in [0.3, 0.4) is 0 Å². The van der Waals surface area contributed by atoms with Gasteiger partial charge in [-0.2, -0.15) is 0 Å². The van der Waals surface area contributed by atoms with Crippen molar-refractivity contribution in [1.82, 2.24) is 4.98 Å². The maximum absolute atomic E-state index is 11.5. The standard InChI is InChI=1S/C21H22N4O2S/c1-27-17-5-2-13(3-6-17)8-16(22)11-23-21-24-12-19(28-21)14-4-7-18-15(9-14)10-20(26)25-18/h2-7,9,12,16H,8,10-11,22H2,1H3,(H,23,24)(H,25,26). The summed E-state index contributed by atoms with van der Waals surface area (Å²) in [5, 5.41) is 7.03. The fourth-order valence-electron chi connectivity index (χ4n) is 3.23. The minimum absolute atomic E-state index is 0.0159. The highest BCUT2D eigenvalue weighted by Gasteiger charge is 2.18. The Morgan fingerprint density at radius 2 is 2.11 bits per heavy atom. The summed E-state index contributed by atoms with van der Waals surface area (Å²) >= 11 is 1.59. The van der Waals surface area contributed by atoms with Crippen LogP contribution in [0.4, 0.5) is 10.8 Å². The number of nitrogens with one attached hydrogen (secondary N) is 2. The molecule has 0 aliphatic carbocycles. The van der Waals surface area contributed by atoms with Crippen LogP contribution < -0.4 is 21.1 Å². The lowest BCUT2D eigenvalue weighted by Gasteiger charge is -2.12. The number of methoxy groups -OCH3 is 1. The minimum Gasteiger partial charge on any atom is -0.497 e. The molecule has 1 aliphatic rings. The van der Waals surface area contributed by atoms with Gasteiger partial charge in [-0.3, -0.25) is 4.79 Å². The van der Waals surface area contributed by atoms with Crippen molar-refractivity contribution >= 4 is 28.1 Å². The highest BCUT2D eigenvalue weighted by atomic mass is 32.1. The minimum atomic E-state index is -0.0159. The Labute approximate surface area is 167 Å². The van der Waals surface area contributed by atoms with Crippen LogP contribution in [0.2, 0.25) is 0 Å². The topological polar surface area (TPSA) is 89.3 Å². The molecule has 1 aromatic heterocycles. The van der Waals surface area contributed by atoms with Crippen LogP contribution in [-0.2, 0) is 17.6 Å². The number of rotatable bonds is 7. The number of ether oxygens (including phenoxy) is 1. The van der Waals surface area contributed by atoms with E-state index in [4.69, 9.17) is 10.5 Å². The van der Waals surface area contributed by atoms with Crippen molar-refractivity contribution in [2.75, 3.05) is 24.3 Å². The van der Waals surface area contributed by atoms with Crippen molar-refractivity contribution < 1.29 is 9.53 Å². The second-order valence-electron chi connectivity index (χ2n) is 6.82.